The number of rotatable bonds is 4. The standard InChI is InChI=1S/C19H22N2O2/c1-3-13(2)20-19(23)15-11-18(22)21(12-15)17-10-6-8-14-7-4-5-9-16(14)17/h4-10,13,15H,3,11-12H2,1-2H3,(H,20,23)/t13-,15+/m1/s1. The third-order valence-electron chi connectivity index (χ3n) is 4.55. The van der Waals surface area contributed by atoms with E-state index in [1.165, 1.54) is 0 Å². The van der Waals surface area contributed by atoms with Crippen LogP contribution in [0.25, 0.3) is 10.8 Å². The molecule has 0 radical (unpaired) electrons. The molecule has 0 saturated carbocycles. The molecule has 23 heavy (non-hydrogen) atoms. The summed E-state index contributed by atoms with van der Waals surface area (Å²) in [5.74, 6) is -0.267. The molecule has 0 bridgehead atoms. The molecule has 1 heterocycles. The summed E-state index contributed by atoms with van der Waals surface area (Å²) in [5, 5.41) is 5.13. The third kappa shape index (κ3) is 3.07. The molecular formula is C19H22N2O2. The van der Waals surface area contributed by atoms with Crippen molar-refractivity contribution in [2.45, 2.75) is 32.7 Å². The van der Waals surface area contributed by atoms with Crippen LogP contribution in [-0.2, 0) is 9.59 Å². The zero-order chi connectivity index (χ0) is 16.4. The van der Waals surface area contributed by atoms with Gasteiger partial charge in [-0.1, -0.05) is 43.3 Å². The summed E-state index contributed by atoms with van der Waals surface area (Å²) in [6.45, 7) is 4.47. The molecule has 1 saturated heterocycles. The van der Waals surface area contributed by atoms with E-state index in [0.717, 1.165) is 22.9 Å². The lowest BCUT2D eigenvalue weighted by molar-refractivity contribution is -0.126. The van der Waals surface area contributed by atoms with Gasteiger partial charge in [0.25, 0.3) is 0 Å². The fourth-order valence-corrected chi connectivity index (χ4v) is 3.02. The van der Waals surface area contributed by atoms with E-state index in [1.807, 2.05) is 56.3 Å². The average molecular weight is 310 g/mol. The fourth-order valence-electron chi connectivity index (χ4n) is 3.02. The van der Waals surface area contributed by atoms with Crippen LogP contribution in [0.4, 0.5) is 5.69 Å². The molecule has 2 aromatic carbocycles. The van der Waals surface area contributed by atoms with Crippen LogP contribution in [0.5, 0.6) is 0 Å². The molecule has 0 aromatic heterocycles. The van der Waals surface area contributed by atoms with Gasteiger partial charge in [-0.05, 0) is 24.8 Å². The molecular weight excluding hydrogens is 288 g/mol. The molecule has 2 amide bonds. The number of fused-ring (bicyclic) bond motifs is 1. The average Bonchev–Trinajstić information content (AvgIpc) is 2.96. The van der Waals surface area contributed by atoms with Crippen LogP contribution < -0.4 is 10.2 Å². The summed E-state index contributed by atoms with van der Waals surface area (Å²) in [7, 11) is 0. The van der Waals surface area contributed by atoms with E-state index >= 15 is 0 Å². The van der Waals surface area contributed by atoms with Gasteiger partial charge in [-0.3, -0.25) is 9.59 Å². The fraction of sp³-hybridized carbons (Fsp3) is 0.368. The minimum Gasteiger partial charge on any atom is -0.353 e. The number of carbonyl (C=O) groups is 2. The van der Waals surface area contributed by atoms with Crippen molar-refractivity contribution in [3.05, 3.63) is 42.5 Å². The molecule has 3 rings (SSSR count). The zero-order valence-corrected chi connectivity index (χ0v) is 13.6. The monoisotopic (exact) mass is 310 g/mol. The lowest BCUT2D eigenvalue weighted by Crippen LogP contribution is -2.38. The maximum Gasteiger partial charge on any atom is 0.227 e. The van der Waals surface area contributed by atoms with Crippen LogP contribution in [0.1, 0.15) is 26.7 Å². The first-order valence-electron chi connectivity index (χ1n) is 8.18. The Morgan fingerprint density at radius 3 is 2.78 bits per heavy atom. The Kier molecular flexibility index (Phi) is 4.33. The van der Waals surface area contributed by atoms with E-state index in [4.69, 9.17) is 0 Å². The normalized spacial score (nSPS) is 19.1. The van der Waals surface area contributed by atoms with Crippen molar-refractivity contribution in [2.24, 2.45) is 5.92 Å². The molecule has 1 N–H and O–H groups in total. The van der Waals surface area contributed by atoms with E-state index in [1.54, 1.807) is 4.90 Å². The quantitative estimate of drug-likeness (QED) is 0.943. The Morgan fingerprint density at radius 1 is 1.26 bits per heavy atom. The van der Waals surface area contributed by atoms with Crippen LogP contribution in [0.2, 0.25) is 0 Å². The second kappa shape index (κ2) is 6.41. The molecule has 1 aliphatic heterocycles. The molecule has 0 unspecified atom stereocenters. The van der Waals surface area contributed by atoms with Gasteiger partial charge in [-0.25, -0.2) is 0 Å². The van der Waals surface area contributed by atoms with Crippen molar-refractivity contribution in [2.75, 3.05) is 11.4 Å². The molecule has 2 aromatic rings. The Balaban J connectivity index is 1.84. The van der Waals surface area contributed by atoms with Gasteiger partial charge < -0.3 is 10.2 Å². The van der Waals surface area contributed by atoms with Gasteiger partial charge in [0, 0.05) is 24.4 Å². The van der Waals surface area contributed by atoms with Gasteiger partial charge in [-0.15, -0.1) is 0 Å². The van der Waals surface area contributed by atoms with Crippen LogP contribution in [-0.4, -0.2) is 24.4 Å². The second-order valence-corrected chi connectivity index (χ2v) is 6.22. The van der Waals surface area contributed by atoms with E-state index in [2.05, 4.69) is 5.32 Å². The topological polar surface area (TPSA) is 49.4 Å². The van der Waals surface area contributed by atoms with Crippen LogP contribution in [0.3, 0.4) is 0 Å². The van der Waals surface area contributed by atoms with Crippen molar-refractivity contribution >= 4 is 28.3 Å². The molecule has 0 aliphatic carbocycles. The molecule has 4 heteroatoms. The first-order valence-corrected chi connectivity index (χ1v) is 8.18. The first kappa shape index (κ1) is 15.5. The van der Waals surface area contributed by atoms with Gasteiger partial charge >= 0.3 is 0 Å². The van der Waals surface area contributed by atoms with Crippen molar-refractivity contribution in [1.29, 1.82) is 0 Å². The number of nitrogens with one attached hydrogen (secondary N) is 1. The highest BCUT2D eigenvalue weighted by atomic mass is 16.2. The van der Waals surface area contributed by atoms with Crippen LogP contribution in [0, 0.1) is 5.92 Å². The molecule has 4 nitrogen and oxygen atoms in total. The van der Waals surface area contributed by atoms with Crippen molar-refractivity contribution in [3.63, 3.8) is 0 Å². The largest absolute Gasteiger partial charge is 0.353 e. The third-order valence-corrected chi connectivity index (χ3v) is 4.55. The van der Waals surface area contributed by atoms with Gasteiger partial charge in [0.05, 0.1) is 11.6 Å². The number of nitrogens with zero attached hydrogens (tertiary/aromatic N) is 1. The summed E-state index contributed by atoms with van der Waals surface area (Å²) in [6, 6.07) is 14.1. The Labute approximate surface area is 136 Å². The summed E-state index contributed by atoms with van der Waals surface area (Å²) in [6.07, 6.45) is 1.17. The van der Waals surface area contributed by atoms with Crippen molar-refractivity contribution in [3.8, 4) is 0 Å². The zero-order valence-electron chi connectivity index (χ0n) is 13.6. The van der Waals surface area contributed by atoms with Crippen molar-refractivity contribution in [1.82, 2.24) is 5.32 Å². The number of hydrogen-bond donors (Lipinski definition) is 1. The van der Waals surface area contributed by atoms with Crippen molar-refractivity contribution < 1.29 is 9.59 Å². The lowest BCUT2D eigenvalue weighted by atomic mass is 10.1. The Bertz CT molecular complexity index is 736. The number of anilines is 1. The minimum absolute atomic E-state index is 0.0181. The summed E-state index contributed by atoms with van der Waals surface area (Å²) < 4.78 is 0. The smallest absolute Gasteiger partial charge is 0.227 e. The van der Waals surface area contributed by atoms with E-state index in [-0.39, 0.29) is 30.2 Å². The molecule has 1 fully saturated rings. The molecule has 2 atom stereocenters. The highest BCUT2D eigenvalue weighted by Gasteiger charge is 2.35. The van der Waals surface area contributed by atoms with Gasteiger partial charge in [0.2, 0.25) is 11.8 Å². The van der Waals surface area contributed by atoms with Crippen LogP contribution in [0.15, 0.2) is 42.5 Å². The summed E-state index contributed by atoms with van der Waals surface area (Å²) in [4.78, 5) is 26.5. The highest BCUT2D eigenvalue weighted by molar-refractivity contribution is 6.06. The number of carbonyl (C=O) groups excluding carboxylic acids is 2. The summed E-state index contributed by atoms with van der Waals surface area (Å²) in [5.41, 5.74) is 0.895. The molecule has 0 spiro atoms. The van der Waals surface area contributed by atoms with Gasteiger partial charge in [0.1, 0.15) is 0 Å². The van der Waals surface area contributed by atoms with Crippen LogP contribution >= 0.6 is 0 Å². The minimum atomic E-state index is -0.268. The number of hydrogen-bond acceptors (Lipinski definition) is 2. The highest BCUT2D eigenvalue weighted by Crippen LogP contribution is 2.31. The number of amides is 2. The maximum atomic E-state index is 12.4. The predicted molar refractivity (Wildman–Crippen MR) is 92.3 cm³/mol. The predicted octanol–water partition coefficient (Wildman–Crippen LogP) is 3.11. The number of benzene rings is 2. The SMILES string of the molecule is CC[C@@H](C)NC(=O)[C@H]1CC(=O)N(c2cccc3ccccc23)C1. The molecule has 1 aliphatic rings. The summed E-state index contributed by atoms with van der Waals surface area (Å²) >= 11 is 0. The van der Waals surface area contributed by atoms with E-state index < -0.39 is 0 Å². The Morgan fingerprint density at radius 2 is 2.00 bits per heavy atom. The lowest BCUT2D eigenvalue weighted by Gasteiger charge is -2.19. The Hall–Kier alpha value is -2.36. The maximum absolute atomic E-state index is 12.4. The van der Waals surface area contributed by atoms with Gasteiger partial charge in [0.15, 0.2) is 0 Å². The molecule has 120 valence electrons. The first-order chi connectivity index (χ1) is 11.1. The van der Waals surface area contributed by atoms with Gasteiger partial charge in [-0.2, -0.15) is 0 Å². The second-order valence-electron chi connectivity index (χ2n) is 6.22. The van der Waals surface area contributed by atoms with E-state index in [0.29, 0.717) is 6.54 Å². The van der Waals surface area contributed by atoms with E-state index in [9.17, 15) is 9.59 Å².